The number of aliphatic hydroxyl groups excluding tert-OH is 2. The first-order valence-corrected chi connectivity index (χ1v) is 18.1. The summed E-state index contributed by atoms with van der Waals surface area (Å²) >= 11 is 0. The van der Waals surface area contributed by atoms with E-state index in [1.165, 1.54) is 37.2 Å². The molecular formula is C39H44F7N3O6. The SMILES string of the molecule is C[C@@H](C(=O)C1=C(O)C2(CCCC2)N(C)N(Cc2ccc(OCCCOCCCO)c(F)c2F)C1=O)c1ccc(C(C)(F)F)cc1C1C=C(C(F)(F)F)N=CC1. The summed E-state index contributed by atoms with van der Waals surface area (Å²) in [6.07, 6.45) is -0.460. The van der Waals surface area contributed by atoms with Crippen LogP contribution in [0.1, 0.15) is 92.9 Å². The van der Waals surface area contributed by atoms with Crippen LogP contribution in [0, 0.1) is 11.6 Å². The summed E-state index contributed by atoms with van der Waals surface area (Å²) in [5.74, 6) is -11.3. The Hall–Kier alpha value is -4.28. The zero-order valence-electron chi connectivity index (χ0n) is 30.7. The first kappa shape index (κ1) is 41.9. The van der Waals surface area contributed by atoms with Crippen molar-refractivity contribution >= 4 is 17.9 Å². The zero-order chi connectivity index (χ0) is 40.3. The summed E-state index contributed by atoms with van der Waals surface area (Å²) in [5, 5.41) is 23.0. The van der Waals surface area contributed by atoms with Gasteiger partial charge >= 0.3 is 6.18 Å². The molecule has 300 valence electrons. The van der Waals surface area contributed by atoms with Gasteiger partial charge in [-0.25, -0.2) is 18.2 Å². The molecule has 9 nitrogen and oxygen atoms in total. The number of hydrogen-bond acceptors (Lipinski definition) is 8. The van der Waals surface area contributed by atoms with Crippen molar-refractivity contribution in [3.63, 3.8) is 0 Å². The van der Waals surface area contributed by atoms with Gasteiger partial charge in [-0.2, -0.15) is 17.6 Å². The van der Waals surface area contributed by atoms with Gasteiger partial charge in [0.05, 0.1) is 18.7 Å². The minimum absolute atomic E-state index is 0.00486. The van der Waals surface area contributed by atoms with Crippen molar-refractivity contribution in [3.05, 3.63) is 87.3 Å². The molecule has 2 aliphatic heterocycles. The summed E-state index contributed by atoms with van der Waals surface area (Å²) < 4.78 is 111. The maximum atomic E-state index is 15.5. The number of benzene rings is 2. The number of nitrogens with zero attached hydrogens (tertiary/aromatic N) is 3. The predicted octanol–water partition coefficient (Wildman–Crippen LogP) is 7.94. The molecule has 2 aromatic rings. The number of hydrazine groups is 1. The number of Topliss-reactive ketones (excluding diaryl/α,β-unsaturated/α-hetero) is 1. The van der Waals surface area contributed by atoms with E-state index in [9.17, 15) is 36.6 Å². The molecule has 0 radical (unpaired) electrons. The lowest BCUT2D eigenvalue weighted by Gasteiger charge is -2.48. The lowest BCUT2D eigenvalue weighted by Crippen LogP contribution is -2.61. The van der Waals surface area contributed by atoms with Gasteiger partial charge in [-0.3, -0.25) is 19.6 Å². The summed E-state index contributed by atoms with van der Waals surface area (Å²) in [7, 11) is 1.50. The minimum atomic E-state index is -4.83. The molecule has 55 heavy (non-hydrogen) atoms. The quantitative estimate of drug-likeness (QED) is 0.107. The van der Waals surface area contributed by atoms with Gasteiger partial charge in [0.1, 0.15) is 17.0 Å². The van der Waals surface area contributed by atoms with Gasteiger partial charge in [-0.15, -0.1) is 0 Å². The third-order valence-corrected chi connectivity index (χ3v) is 10.5. The zero-order valence-corrected chi connectivity index (χ0v) is 30.7. The van der Waals surface area contributed by atoms with Crippen molar-refractivity contribution in [1.29, 1.82) is 0 Å². The number of aliphatic imine (C=N–C) groups is 1. The average Bonchev–Trinajstić information content (AvgIpc) is 3.65. The van der Waals surface area contributed by atoms with Crippen LogP contribution in [-0.4, -0.2) is 83.3 Å². The van der Waals surface area contributed by atoms with Crippen molar-refractivity contribution in [3.8, 4) is 5.75 Å². The third-order valence-electron chi connectivity index (χ3n) is 10.5. The standard InChI is InChI=1S/C39H44F7N3O6/c1-23(27-10-9-26(37(2,42)43)21-28(27)24-12-15-47-30(20-24)39(44,45)46)34(51)31-35(52)38(13-4-5-14-38)48(3)49(36(31)53)22-25-8-11-29(33(41)32(25)40)55-19-7-18-54-17-6-16-50/h8-11,15,20-21,23-24,50,52H,4-7,12-14,16-19,22H2,1-3H3/t23-,24?/m1/s1. The van der Waals surface area contributed by atoms with Crippen LogP contribution in [0.2, 0.25) is 0 Å². The second-order valence-electron chi connectivity index (χ2n) is 14.1. The highest BCUT2D eigenvalue weighted by Gasteiger charge is 2.53. The fourth-order valence-electron chi connectivity index (χ4n) is 7.35. The number of carbonyl (C=O) groups excluding carboxylic acids is 2. The molecule has 2 heterocycles. The molecule has 0 saturated heterocycles. The molecule has 1 fully saturated rings. The maximum absolute atomic E-state index is 15.5. The van der Waals surface area contributed by atoms with Gasteiger partial charge in [-0.05, 0) is 55.0 Å². The lowest BCUT2D eigenvalue weighted by molar-refractivity contribution is -0.163. The normalized spacial score (nSPS) is 19.7. The van der Waals surface area contributed by atoms with E-state index in [1.54, 1.807) is 0 Å². The molecule has 1 aliphatic carbocycles. The number of hydrogen-bond donors (Lipinski definition) is 2. The summed E-state index contributed by atoms with van der Waals surface area (Å²) in [6, 6.07) is 5.76. The minimum Gasteiger partial charge on any atom is -0.509 e. The number of rotatable bonds is 15. The maximum Gasteiger partial charge on any atom is 0.433 e. The fraction of sp³-hybridized carbons (Fsp3) is 0.513. The summed E-state index contributed by atoms with van der Waals surface area (Å²) in [6.45, 7) is 2.06. The van der Waals surface area contributed by atoms with Gasteiger partial charge in [0, 0.05) is 69.4 Å². The molecule has 1 amide bonds. The van der Waals surface area contributed by atoms with Gasteiger partial charge < -0.3 is 19.7 Å². The molecule has 0 aromatic heterocycles. The number of amides is 1. The molecule has 1 spiro atoms. The van der Waals surface area contributed by atoms with Crippen LogP contribution in [0.3, 0.4) is 0 Å². The number of ether oxygens (including phenoxy) is 2. The molecule has 2 aromatic carbocycles. The second kappa shape index (κ2) is 16.8. The third kappa shape index (κ3) is 8.76. The predicted molar refractivity (Wildman–Crippen MR) is 188 cm³/mol. The smallest absolute Gasteiger partial charge is 0.433 e. The van der Waals surface area contributed by atoms with E-state index in [0.29, 0.717) is 52.1 Å². The highest BCUT2D eigenvalue weighted by molar-refractivity contribution is 6.22. The monoisotopic (exact) mass is 783 g/mol. The van der Waals surface area contributed by atoms with Gasteiger partial charge in [0.25, 0.3) is 11.8 Å². The number of alkyl halides is 5. The Morgan fingerprint density at radius 3 is 2.38 bits per heavy atom. The van der Waals surface area contributed by atoms with Gasteiger partial charge in [-0.1, -0.05) is 38.0 Å². The number of allylic oxidation sites excluding steroid dienone is 2. The molecule has 1 saturated carbocycles. The highest BCUT2D eigenvalue weighted by atomic mass is 19.4. The first-order chi connectivity index (χ1) is 25.9. The Morgan fingerprint density at radius 1 is 1.04 bits per heavy atom. The van der Waals surface area contributed by atoms with Crippen molar-refractivity contribution in [1.82, 2.24) is 10.0 Å². The van der Waals surface area contributed by atoms with E-state index >= 15 is 8.78 Å². The second-order valence-corrected chi connectivity index (χ2v) is 14.1. The first-order valence-electron chi connectivity index (χ1n) is 18.1. The molecule has 1 unspecified atom stereocenters. The van der Waals surface area contributed by atoms with Crippen molar-refractivity contribution in [2.75, 3.05) is 33.5 Å². The van der Waals surface area contributed by atoms with E-state index in [-0.39, 0.29) is 48.7 Å². The number of ketones is 1. The Labute approximate surface area is 314 Å². The molecule has 2 atom stereocenters. The highest BCUT2D eigenvalue weighted by Crippen LogP contribution is 2.47. The van der Waals surface area contributed by atoms with Crippen LogP contribution in [0.5, 0.6) is 5.75 Å². The van der Waals surface area contributed by atoms with Crippen LogP contribution >= 0.6 is 0 Å². The fourth-order valence-corrected chi connectivity index (χ4v) is 7.35. The molecule has 2 N–H and O–H groups in total. The van der Waals surface area contributed by atoms with E-state index in [2.05, 4.69) is 4.99 Å². The molecule has 16 heteroatoms. The van der Waals surface area contributed by atoms with Crippen molar-refractivity contribution < 1.29 is 60.0 Å². The van der Waals surface area contributed by atoms with Crippen LogP contribution in [0.25, 0.3) is 0 Å². The molecule has 5 rings (SSSR count). The molecule has 0 bridgehead atoms. The number of aliphatic hydroxyl groups is 2. The number of likely N-dealkylation sites (N-methyl/N-ethyl adjacent to an activating group) is 1. The summed E-state index contributed by atoms with van der Waals surface area (Å²) in [5.41, 5.74) is -3.83. The Bertz CT molecular complexity index is 1850. The van der Waals surface area contributed by atoms with Crippen molar-refractivity contribution in [2.45, 2.75) is 94.8 Å². The Kier molecular flexibility index (Phi) is 12.8. The van der Waals surface area contributed by atoms with Crippen LogP contribution in [-0.2, 0) is 26.8 Å². The Balaban J connectivity index is 1.47. The van der Waals surface area contributed by atoms with Crippen molar-refractivity contribution in [2.24, 2.45) is 4.99 Å². The van der Waals surface area contributed by atoms with E-state index in [1.807, 2.05) is 0 Å². The Morgan fingerprint density at radius 2 is 1.73 bits per heavy atom. The van der Waals surface area contributed by atoms with E-state index < -0.39 is 81.9 Å². The largest absolute Gasteiger partial charge is 0.509 e. The van der Waals surface area contributed by atoms with E-state index in [4.69, 9.17) is 14.6 Å². The number of carbonyl (C=O) groups is 2. The van der Waals surface area contributed by atoms with Gasteiger partial charge in [0.2, 0.25) is 5.82 Å². The van der Waals surface area contributed by atoms with Crippen LogP contribution in [0.15, 0.2) is 58.4 Å². The topological polar surface area (TPSA) is 112 Å². The molecule has 3 aliphatic rings. The van der Waals surface area contributed by atoms with Crippen LogP contribution < -0.4 is 4.74 Å². The van der Waals surface area contributed by atoms with Crippen LogP contribution in [0.4, 0.5) is 30.7 Å². The lowest BCUT2D eigenvalue weighted by atomic mass is 9.79. The van der Waals surface area contributed by atoms with Gasteiger partial charge in [0.15, 0.2) is 17.3 Å². The average molecular weight is 784 g/mol. The number of halogens is 7. The molecular weight excluding hydrogens is 739 g/mol. The summed E-state index contributed by atoms with van der Waals surface area (Å²) in [4.78, 5) is 32.1. The van der Waals surface area contributed by atoms with E-state index in [0.717, 1.165) is 29.4 Å².